The number of carbonyl (C=O) groups excluding carboxylic acids is 1. The van der Waals surface area contributed by atoms with Crippen molar-refractivity contribution >= 4 is 28.3 Å². The normalized spacial score (nSPS) is 11.9. The van der Waals surface area contributed by atoms with Gasteiger partial charge in [-0.2, -0.15) is 0 Å². The lowest BCUT2D eigenvalue weighted by Crippen LogP contribution is -1.94. The highest BCUT2D eigenvalue weighted by Crippen LogP contribution is 2.19. The number of rotatable bonds is 3. The van der Waals surface area contributed by atoms with Crippen molar-refractivity contribution in [3.05, 3.63) is 39.4 Å². The summed E-state index contributed by atoms with van der Waals surface area (Å²) < 4.78 is 1.09. The zero-order valence-corrected chi connectivity index (χ0v) is 10.8. The van der Waals surface area contributed by atoms with Gasteiger partial charge in [-0.25, -0.2) is 0 Å². The quantitative estimate of drug-likeness (QED) is 0.597. The Hall–Kier alpha value is -0.890. The molecule has 0 N–H and O–H groups in total. The van der Waals surface area contributed by atoms with Crippen LogP contribution in [-0.4, -0.2) is 6.29 Å². The molecule has 0 fully saturated rings. The third-order valence-electron chi connectivity index (χ3n) is 2.32. The zero-order valence-electron chi connectivity index (χ0n) is 9.25. The topological polar surface area (TPSA) is 17.1 Å². The standard InChI is InChI=1S/C13H15BrO/c1-9(2)12(8-15)7-11-4-5-13(14)10(3)6-11/h4-9H,1-3H3. The van der Waals surface area contributed by atoms with Crippen molar-refractivity contribution in [1.29, 1.82) is 0 Å². The summed E-state index contributed by atoms with van der Waals surface area (Å²) in [6.45, 7) is 6.08. The molecule has 1 aromatic carbocycles. The summed E-state index contributed by atoms with van der Waals surface area (Å²) in [4.78, 5) is 10.8. The van der Waals surface area contributed by atoms with E-state index in [4.69, 9.17) is 0 Å². The van der Waals surface area contributed by atoms with Crippen molar-refractivity contribution in [3.8, 4) is 0 Å². The zero-order chi connectivity index (χ0) is 11.4. The monoisotopic (exact) mass is 266 g/mol. The smallest absolute Gasteiger partial charge is 0.146 e. The number of carbonyl (C=O) groups is 1. The van der Waals surface area contributed by atoms with E-state index >= 15 is 0 Å². The van der Waals surface area contributed by atoms with Crippen LogP contribution in [0.5, 0.6) is 0 Å². The molecule has 1 rings (SSSR count). The average Bonchev–Trinajstić information content (AvgIpc) is 2.19. The van der Waals surface area contributed by atoms with E-state index in [0.29, 0.717) is 0 Å². The molecule has 2 heteroatoms. The SMILES string of the molecule is Cc1cc(C=C(C=O)C(C)C)ccc1Br. The van der Waals surface area contributed by atoms with E-state index in [1.54, 1.807) is 0 Å². The molecule has 1 nitrogen and oxygen atoms in total. The van der Waals surface area contributed by atoms with Crippen LogP contribution in [0.4, 0.5) is 0 Å². The maximum absolute atomic E-state index is 10.8. The number of hydrogen-bond donors (Lipinski definition) is 0. The Bertz CT molecular complexity index is 392. The van der Waals surface area contributed by atoms with Crippen LogP contribution in [0.1, 0.15) is 25.0 Å². The first-order chi connectivity index (χ1) is 7.04. The van der Waals surface area contributed by atoms with Gasteiger partial charge >= 0.3 is 0 Å². The molecule has 0 saturated carbocycles. The van der Waals surface area contributed by atoms with Gasteiger partial charge in [0.1, 0.15) is 6.29 Å². The van der Waals surface area contributed by atoms with Gasteiger partial charge in [0.15, 0.2) is 0 Å². The highest BCUT2D eigenvalue weighted by Gasteiger charge is 2.02. The molecule has 0 amide bonds. The second-order valence-corrected chi connectivity index (χ2v) is 4.78. The molecule has 1 aromatic rings. The fraction of sp³-hybridized carbons (Fsp3) is 0.308. The van der Waals surface area contributed by atoms with Crippen LogP contribution in [0.2, 0.25) is 0 Å². The number of benzene rings is 1. The van der Waals surface area contributed by atoms with Crippen molar-refractivity contribution in [2.75, 3.05) is 0 Å². The predicted octanol–water partition coefficient (Wildman–Crippen LogP) is 4.00. The van der Waals surface area contributed by atoms with Gasteiger partial charge in [-0.15, -0.1) is 0 Å². The van der Waals surface area contributed by atoms with E-state index in [1.165, 1.54) is 5.56 Å². The number of allylic oxidation sites excluding steroid dienone is 1. The number of hydrogen-bond acceptors (Lipinski definition) is 1. The molecule has 0 heterocycles. The molecule has 0 saturated heterocycles. The molecule has 0 spiro atoms. The summed E-state index contributed by atoms with van der Waals surface area (Å²) in [6.07, 6.45) is 2.87. The molecule has 0 radical (unpaired) electrons. The molecule has 15 heavy (non-hydrogen) atoms. The first kappa shape index (κ1) is 12.2. The summed E-state index contributed by atoms with van der Waals surface area (Å²) in [7, 11) is 0. The first-order valence-electron chi connectivity index (χ1n) is 4.97. The lowest BCUT2D eigenvalue weighted by atomic mass is 10.0. The Morgan fingerprint density at radius 3 is 2.53 bits per heavy atom. The summed E-state index contributed by atoms with van der Waals surface area (Å²) in [5, 5.41) is 0. The molecular weight excluding hydrogens is 252 g/mol. The Morgan fingerprint density at radius 1 is 1.40 bits per heavy atom. The molecule has 0 aliphatic heterocycles. The summed E-state index contributed by atoms with van der Waals surface area (Å²) in [6, 6.07) is 6.07. The third-order valence-corrected chi connectivity index (χ3v) is 3.21. The van der Waals surface area contributed by atoms with Gasteiger partial charge in [-0.1, -0.05) is 41.9 Å². The van der Waals surface area contributed by atoms with Crippen LogP contribution in [-0.2, 0) is 4.79 Å². The molecule has 0 aliphatic carbocycles. The second kappa shape index (κ2) is 5.26. The minimum Gasteiger partial charge on any atom is -0.298 e. The number of aryl methyl sites for hydroxylation is 1. The molecule has 0 aliphatic rings. The van der Waals surface area contributed by atoms with Crippen molar-refractivity contribution in [2.24, 2.45) is 5.92 Å². The van der Waals surface area contributed by atoms with E-state index in [1.807, 2.05) is 39.0 Å². The van der Waals surface area contributed by atoms with Crippen molar-refractivity contribution in [3.63, 3.8) is 0 Å². The van der Waals surface area contributed by atoms with Gasteiger partial charge in [0.25, 0.3) is 0 Å². The van der Waals surface area contributed by atoms with E-state index in [0.717, 1.165) is 21.9 Å². The van der Waals surface area contributed by atoms with Gasteiger partial charge < -0.3 is 0 Å². The summed E-state index contributed by atoms with van der Waals surface area (Å²) >= 11 is 3.45. The second-order valence-electron chi connectivity index (χ2n) is 3.93. The fourth-order valence-corrected chi connectivity index (χ4v) is 1.53. The van der Waals surface area contributed by atoms with Crippen molar-refractivity contribution in [2.45, 2.75) is 20.8 Å². The Balaban J connectivity index is 3.07. The van der Waals surface area contributed by atoms with Crippen molar-refractivity contribution < 1.29 is 4.79 Å². The van der Waals surface area contributed by atoms with Gasteiger partial charge in [0.05, 0.1) is 0 Å². The fourth-order valence-electron chi connectivity index (χ4n) is 1.29. The maximum atomic E-state index is 10.8. The number of aldehydes is 1. The lowest BCUT2D eigenvalue weighted by Gasteiger charge is -2.05. The van der Waals surface area contributed by atoms with E-state index < -0.39 is 0 Å². The van der Waals surface area contributed by atoms with Crippen LogP contribution in [0.3, 0.4) is 0 Å². The minimum atomic E-state index is 0.270. The van der Waals surface area contributed by atoms with Crippen LogP contribution in [0.25, 0.3) is 6.08 Å². The van der Waals surface area contributed by atoms with Crippen LogP contribution < -0.4 is 0 Å². The molecular formula is C13H15BrO. The third kappa shape index (κ3) is 3.31. The lowest BCUT2D eigenvalue weighted by molar-refractivity contribution is -0.105. The van der Waals surface area contributed by atoms with Gasteiger partial charge in [-0.3, -0.25) is 4.79 Å². The molecule has 80 valence electrons. The Labute approximate surface area is 99.3 Å². The van der Waals surface area contributed by atoms with Gasteiger partial charge in [0, 0.05) is 4.47 Å². The Morgan fingerprint density at radius 2 is 2.07 bits per heavy atom. The Kier molecular flexibility index (Phi) is 4.28. The number of halogens is 1. The summed E-state index contributed by atoms with van der Waals surface area (Å²) in [5.74, 6) is 0.270. The van der Waals surface area contributed by atoms with Crippen LogP contribution in [0, 0.1) is 12.8 Å². The molecule has 0 atom stereocenters. The van der Waals surface area contributed by atoms with E-state index in [-0.39, 0.29) is 5.92 Å². The molecule has 0 bridgehead atoms. The molecule has 0 unspecified atom stereocenters. The van der Waals surface area contributed by atoms with Gasteiger partial charge in [-0.05, 0) is 41.7 Å². The minimum absolute atomic E-state index is 0.270. The maximum Gasteiger partial charge on any atom is 0.146 e. The first-order valence-corrected chi connectivity index (χ1v) is 5.77. The predicted molar refractivity (Wildman–Crippen MR) is 67.8 cm³/mol. The van der Waals surface area contributed by atoms with Gasteiger partial charge in [0.2, 0.25) is 0 Å². The molecule has 0 aromatic heterocycles. The van der Waals surface area contributed by atoms with Crippen LogP contribution in [0.15, 0.2) is 28.2 Å². The highest BCUT2D eigenvalue weighted by atomic mass is 79.9. The van der Waals surface area contributed by atoms with Crippen LogP contribution >= 0.6 is 15.9 Å². The van der Waals surface area contributed by atoms with Crippen molar-refractivity contribution in [1.82, 2.24) is 0 Å². The van der Waals surface area contributed by atoms with E-state index in [2.05, 4.69) is 22.0 Å². The average molecular weight is 267 g/mol. The van der Waals surface area contributed by atoms with E-state index in [9.17, 15) is 4.79 Å². The summed E-state index contributed by atoms with van der Waals surface area (Å²) in [5.41, 5.74) is 3.08. The highest BCUT2D eigenvalue weighted by molar-refractivity contribution is 9.10. The largest absolute Gasteiger partial charge is 0.298 e.